The maximum absolute atomic E-state index is 13.8. The van der Waals surface area contributed by atoms with E-state index in [0.29, 0.717) is 5.52 Å². The first-order chi connectivity index (χ1) is 16.1. The third-order valence-electron chi connectivity index (χ3n) is 7.98. The summed E-state index contributed by atoms with van der Waals surface area (Å²) in [4.78, 5) is 12.0. The summed E-state index contributed by atoms with van der Waals surface area (Å²) in [5, 5.41) is 3.99. The van der Waals surface area contributed by atoms with E-state index in [1.165, 1.54) is 9.55 Å². The summed E-state index contributed by atoms with van der Waals surface area (Å²) in [5.74, 6) is 0. The first-order valence-electron chi connectivity index (χ1n) is 11.6. The van der Waals surface area contributed by atoms with Crippen molar-refractivity contribution in [2.45, 2.75) is 56.9 Å². The van der Waals surface area contributed by atoms with Crippen molar-refractivity contribution < 1.29 is 13.2 Å². The number of hydrogen-bond acceptors (Lipinski definition) is 3. The van der Waals surface area contributed by atoms with Crippen LogP contribution in [0.2, 0.25) is 0 Å². The summed E-state index contributed by atoms with van der Waals surface area (Å²) in [6, 6.07) is 12.5. The topological polar surface area (TPSA) is 68.2 Å². The number of carbonyl (C=O) groups excluding carboxylic acids is 1. The molecule has 2 aromatic carbocycles. The second-order valence-electron chi connectivity index (χ2n) is 10.3. The van der Waals surface area contributed by atoms with Gasteiger partial charge >= 0.3 is 0 Å². The van der Waals surface area contributed by atoms with Gasteiger partial charge in [-0.05, 0) is 49.1 Å². The predicted molar refractivity (Wildman–Crippen MR) is 136 cm³/mol. The lowest BCUT2D eigenvalue weighted by Crippen LogP contribution is -2.47. The highest BCUT2D eigenvalue weighted by Crippen LogP contribution is 2.55. The fourth-order valence-corrected chi connectivity index (χ4v) is 7.24. The van der Waals surface area contributed by atoms with Gasteiger partial charge < -0.3 is 5.32 Å². The van der Waals surface area contributed by atoms with Gasteiger partial charge in [-0.2, -0.15) is 0 Å². The Balaban J connectivity index is 1.85. The summed E-state index contributed by atoms with van der Waals surface area (Å²) in [7, 11) is -3.82. The molecule has 0 fully saturated rings. The van der Waals surface area contributed by atoms with Crippen LogP contribution in [-0.2, 0) is 20.2 Å². The van der Waals surface area contributed by atoms with Crippen LogP contribution in [0.15, 0.2) is 71.8 Å². The fraction of sp³-hybridized carbons (Fsp3) is 0.321. The van der Waals surface area contributed by atoms with Crippen LogP contribution in [0.1, 0.15) is 50.3 Å². The molecule has 2 aliphatic carbocycles. The summed E-state index contributed by atoms with van der Waals surface area (Å²) >= 11 is 0. The Morgan fingerprint density at radius 1 is 1.12 bits per heavy atom. The number of allylic oxidation sites excluding steroid dienone is 1. The minimum atomic E-state index is -3.82. The molecule has 176 valence electrons. The maximum atomic E-state index is 13.8. The zero-order chi connectivity index (χ0) is 24.5. The van der Waals surface area contributed by atoms with E-state index in [2.05, 4.69) is 38.7 Å². The number of fused-ring (bicyclic) bond motifs is 1. The Hall–Kier alpha value is -3.12. The minimum Gasteiger partial charge on any atom is -0.351 e. The maximum Gasteiger partial charge on any atom is 0.268 e. The van der Waals surface area contributed by atoms with E-state index in [1.54, 1.807) is 18.3 Å². The van der Waals surface area contributed by atoms with Gasteiger partial charge in [-0.3, -0.25) is 4.79 Å². The first kappa shape index (κ1) is 22.7. The molecule has 0 unspecified atom stereocenters. The third-order valence-corrected chi connectivity index (χ3v) is 9.67. The predicted octanol–water partition coefficient (Wildman–Crippen LogP) is 5.33. The van der Waals surface area contributed by atoms with Crippen molar-refractivity contribution in [2.24, 2.45) is 5.41 Å². The first-order valence-corrected chi connectivity index (χ1v) is 13.0. The quantitative estimate of drug-likeness (QED) is 0.401. The summed E-state index contributed by atoms with van der Waals surface area (Å²) in [5.41, 5.74) is 5.28. The molecule has 1 heterocycles. The molecule has 0 saturated carbocycles. The molecule has 0 aliphatic heterocycles. The Labute approximate surface area is 201 Å². The highest BCUT2D eigenvalue weighted by molar-refractivity contribution is 7.90. The molecule has 1 aromatic heterocycles. The average molecular weight is 475 g/mol. The van der Waals surface area contributed by atoms with E-state index >= 15 is 0 Å². The van der Waals surface area contributed by atoms with Gasteiger partial charge in [0.15, 0.2) is 0 Å². The van der Waals surface area contributed by atoms with Crippen molar-refractivity contribution in [2.75, 3.05) is 0 Å². The second kappa shape index (κ2) is 7.44. The molecule has 5 rings (SSSR count). The van der Waals surface area contributed by atoms with Gasteiger partial charge in [0.25, 0.3) is 10.0 Å². The van der Waals surface area contributed by atoms with Crippen molar-refractivity contribution in [3.63, 3.8) is 0 Å². The van der Waals surface area contributed by atoms with Crippen molar-refractivity contribution in [1.29, 1.82) is 0 Å². The molecular formula is C28H30N2O3S. The Morgan fingerprint density at radius 3 is 2.47 bits per heavy atom. The monoisotopic (exact) mass is 474 g/mol. The summed E-state index contributed by atoms with van der Waals surface area (Å²) in [6.07, 6.45) is 6.13. The van der Waals surface area contributed by atoms with Crippen LogP contribution in [-0.4, -0.2) is 24.8 Å². The van der Waals surface area contributed by atoms with Gasteiger partial charge in [0.1, 0.15) is 0 Å². The molecule has 0 bridgehead atoms. The van der Waals surface area contributed by atoms with Gasteiger partial charge in [0, 0.05) is 28.0 Å². The van der Waals surface area contributed by atoms with Crippen LogP contribution < -0.4 is 5.32 Å². The molecule has 6 heteroatoms. The fourth-order valence-electron chi connectivity index (χ4n) is 5.87. The van der Waals surface area contributed by atoms with Crippen molar-refractivity contribution in [3.05, 3.63) is 83.6 Å². The number of amides is 1. The number of rotatable bonds is 5. The van der Waals surface area contributed by atoms with Gasteiger partial charge in [-0.1, -0.05) is 62.2 Å². The SMILES string of the molecule is C=C[C@@]1(C)CCC2=C(c3cn(S(=O)(=O)c4ccc(C)cc4)c4cccc(c34)C2(C)C)[C@H]1NC=O. The normalized spacial score (nSPS) is 23.5. The molecule has 1 N–H and O–H groups in total. The average Bonchev–Trinajstić information content (AvgIpc) is 3.20. The number of nitrogens with one attached hydrogen (secondary N) is 1. The molecule has 3 aromatic rings. The lowest BCUT2D eigenvalue weighted by Gasteiger charge is -2.47. The van der Waals surface area contributed by atoms with Gasteiger partial charge in [0.2, 0.25) is 6.41 Å². The lowest BCUT2D eigenvalue weighted by atomic mass is 9.59. The van der Waals surface area contributed by atoms with Crippen LogP contribution in [0, 0.1) is 12.3 Å². The molecular weight excluding hydrogens is 444 g/mol. The van der Waals surface area contributed by atoms with E-state index in [0.717, 1.165) is 46.9 Å². The second-order valence-corrected chi connectivity index (χ2v) is 12.1. The van der Waals surface area contributed by atoms with Crippen molar-refractivity contribution in [3.8, 4) is 0 Å². The van der Waals surface area contributed by atoms with E-state index in [9.17, 15) is 13.2 Å². The molecule has 1 amide bonds. The zero-order valence-electron chi connectivity index (χ0n) is 20.1. The van der Waals surface area contributed by atoms with Crippen molar-refractivity contribution in [1.82, 2.24) is 9.29 Å². The lowest BCUT2D eigenvalue weighted by molar-refractivity contribution is -0.110. The van der Waals surface area contributed by atoms with Gasteiger partial charge in [-0.25, -0.2) is 12.4 Å². The van der Waals surface area contributed by atoms with Crippen LogP contribution in [0.4, 0.5) is 0 Å². The largest absolute Gasteiger partial charge is 0.351 e. The highest BCUT2D eigenvalue weighted by atomic mass is 32.2. The minimum absolute atomic E-state index is 0.252. The number of aryl methyl sites for hydroxylation is 1. The highest BCUT2D eigenvalue weighted by Gasteiger charge is 2.47. The molecule has 0 spiro atoms. The number of aromatic nitrogens is 1. The number of benzene rings is 2. The Morgan fingerprint density at radius 2 is 1.82 bits per heavy atom. The molecule has 0 radical (unpaired) electrons. The van der Waals surface area contributed by atoms with Gasteiger partial charge in [-0.15, -0.1) is 6.58 Å². The van der Waals surface area contributed by atoms with E-state index in [4.69, 9.17) is 0 Å². The molecule has 2 aliphatic rings. The zero-order valence-corrected chi connectivity index (χ0v) is 20.9. The standard InChI is InChI=1S/C28H30N2O3S/c1-6-28(5)15-14-22-25(26(28)29-17-31)20-16-30(34(32,33)19-12-10-18(2)11-13-19)23-9-7-8-21(24(20)23)27(22,3)4/h6-13,16-17,26H,1,14-15H2,2-5H3,(H,29,31)/t26-,28+/m1/s1. The molecule has 34 heavy (non-hydrogen) atoms. The number of carbonyl (C=O) groups is 1. The van der Waals surface area contributed by atoms with Crippen LogP contribution in [0.3, 0.4) is 0 Å². The number of nitrogens with zero attached hydrogens (tertiary/aromatic N) is 1. The van der Waals surface area contributed by atoms with Crippen LogP contribution >= 0.6 is 0 Å². The third kappa shape index (κ3) is 2.97. The Bertz CT molecular complexity index is 1480. The smallest absolute Gasteiger partial charge is 0.268 e. The summed E-state index contributed by atoms with van der Waals surface area (Å²) in [6.45, 7) is 12.5. The number of hydrogen-bond donors (Lipinski definition) is 1. The van der Waals surface area contributed by atoms with Gasteiger partial charge in [0.05, 0.1) is 16.5 Å². The van der Waals surface area contributed by atoms with E-state index in [-0.39, 0.29) is 21.8 Å². The Kier molecular flexibility index (Phi) is 4.96. The molecule has 0 saturated heterocycles. The van der Waals surface area contributed by atoms with Crippen LogP contribution in [0.25, 0.3) is 16.5 Å². The van der Waals surface area contributed by atoms with Crippen LogP contribution in [0.5, 0.6) is 0 Å². The van der Waals surface area contributed by atoms with E-state index in [1.807, 2.05) is 37.3 Å². The van der Waals surface area contributed by atoms with E-state index < -0.39 is 10.0 Å². The summed E-state index contributed by atoms with van der Waals surface area (Å²) < 4.78 is 29.0. The van der Waals surface area contributed by atoms with Crippen molar-refractivity contribution >= 4 is 32.9 Å². The molecule has 5 nitrogen and oxygen atoms in total. The molecule has 2 atom stereocenters.